The maximum Gasteiger partial charge on any atom is 0.122 e. The van der Waals surface area contributed by atoms with E-state index in [1.54, 1.807) is 6.92 Å². The van der Waals surface area contributed by atoms with Crippen LogP contribution < -0.4 is 4.74 Å². The molecule has 0 aromatic heterocycles. The van der Waals surface area contributed by atoms with E-state index in [0.29, 0.717) is 18.3 Å². The Morgan fingerprint density at radius 1 is 1.00 bits per heavy atom. The summed E-state index contributed by atoms with van der Waals surface area (Å²) >= 11 is 0. The summed E-state index contributed by atoms with van der Waals surface area (Å²) in [5.74, 6) is 2.03. The van der Waals surface area contributed by atoms with Gasteiger partial charge in [0.1, 0.15) is 5.75 Å². The van der Waals surface area contributed by atoms with Gasteiger partial charge in [0.05, 0.1) is 18.8 Å². The van der Waals surface area contributed by atoms with Crippen molar-refractivity contribution >= 4 is 0 Å². The second-order valence-electron chi connectivity index (χ2n) is 7.10. The highest BCUT2D eigenvalue weighted by atomic mass is 16.5. The number of aliphatic hydroxyl groups is 2. The molecule has 0 heterocycles. The van der Waals surface area contributed by atoms with E-state index < -0.39 is 12.2 Å². The summed E-state index contributed by atoms with van der Waals surface area (Å²) in [5, 5.41) is 19.3. The maximum atomic E-state index is 9.86. The standard InChI is InChI=1S/C19H32O3/c1-12(2)11-22-19-8-7-16(10-17(19)13(3)4)14(5)9-18(21)15(6)20/h7-8,10,12-15,18,20-21H,9,11H2,1-6H3. The fourth-order valence-corrected chi connectivity index (χ4v) is 2.41. The van der Waals surface area contributed by atoms with Gasteiger partial charge in [0.2, 0.25) is 0 Å². The van der Waals surface area contributed by atoms with Crippen LogP contribution in [-0.2, 0) is 0 Å². The van der Waals surface area contributed by atoms with Crippen molar-refractivity contribution < 1.29 is 14.9 Å². The summed E-state index contributed by atoms with van der Waals surface area (Å²) in [4.78, 5) is 0. The number of benzene rings is 1. The molecule has 126 valence electrons. The van der Waals surface area contributed by atoms with E-state index in [1.165, 1.54) is 11.1 Å². The van der Waals surface area contributed by atoms with Crippen molar-refractivity contribution in [3.63, 3.8) is 0 Å². The highest BCUT2D eigenvalue weighted by Gasteiger charge is 2.18. The predicted molar refractivity (Wildman–Crippen MR) is 91.6 cm³/mol. The third kappa shape index (κ3) is 5.62. The minimum atomic E-state index is -0.694. The van der Waals surface area contributed by atoms with E-state index >= 15 is 0 Å². The predicted octanol–water partition coefficient (Wildman–Crippen LogP) is 4.08. The van der Waals surface area contributed by atoms with Gasteiger partial charge in [-0.1, -0.05) is 46.8 Å². The Balaban J connectivity index is 2.92. The Labute approximate surface area is 135 Å². The number of rotatable bonds is 8. The molecule has 0 amide bonds. The molecule has 2 N–H and O–H groups in total. The van der Waals surface area contributed by atoms with Crippen molar-refractivity contribution in [2.75, 3.05) is 6.61 Å². The fourth-order valence-electron chi connectivity index (χ4n) is 2.41. The number of aliphatic hydroxyl groups excluding tert-OH is 2. The van der Waals surface area contributed by atoms with Crippen LogP contribution in [0, 0.1) is 5.92 Å². The first-order valence-corrected chi connectivity index (χ1v) is 8.35. The van der Waals surface area contributed by atoms with E-state index in [-0.39, 0.29) is 5.92 Å². The number of hydrogen-bond donors (Lipinski definition) is 2. The molecule has 0 saturated heterocycles. The number of ether oxygens (including phenoxy) is 1. The Morgan fingerprint density at radius 2 is 1.64 bits per heavy atom. The molecule has 0 radical (unpaired) electrons. The molecule has 0 saturated carbocycles. The molecular weight excluding hydrogens is 276 g/mol. The lowest BCUT2D eigenvalue weighted by molar-refractivity contribution is 0.0227. The lowest BCUT2D eigenvalue weighted by Gasteiger charge is -2.21. The van der Waals surface area contributed by atoms with Crippen molar-refractivity contribution in [3.8, 4) is 5.75 Å². The van der Waals surface area contributed by atoms with Gasteiger partial charge in [-0.25, -0.2) is 0 Å². The molecule has 3 nitrogen and oxygen atoms in total. The molecule has 0 aliphatic carbocycles. The molecule has 3 unspecified atom stereocenters. The minimum Gasteiger partial charge on any atom is -0.493 e. The van der Waals surface area contributed by atoms with Crippen molar-refractivity contribution in [2.24, 2.45) is 5.92 Å². The fraction of sp³-hybridized carbons (Fsp3) is 0.684. The molecule has 3 atom stereocenters. The molecule has 3 heteroatoms. The molecule has 1 aromatic rings. The molecule has 0 spiro atoms. The first-order valence-electron chi connectivity index (χ1n) is 8.35. The molecule has 1 aromatic carbocycles. The highest BCUT2D eigenvalue weighted by molar-refractivity contribution is 5.40. The summed E-state index contributed by atoms with van der Waals surface area (Å²) in [7, 11) is 0. The summed E-state index contributed by atoms with van der Waals surface area (Å²) in [6.45, 7) is 13.0. The lowest BCUT2D eigenvalue weighted by Crippen LogP contribution is -2.24. The van der Waals surface area contributed by atoms with Crippen LogP contribution in [-0.4, -0.2) is 29.0 Å². The zero-order valence-electron chi connectivity index (χ0n) is 14.8. The summed E-state index contributed by atoms with van der Waals surface area (Å²) in [5.41, 5.74) is 2.39. The molecule has 0 fully saturated rings. The quantitative estimate of drug-likeness (QED) is 0.761. The van der Waals surface area contributed by atoms with Gasteiger partial charge in [-0.2, -0.15) is 0 Å². The monoisotopic (exact) mass is 308 g/mol. The first kappa shape index (κ1) is 19.0. The van der Waals surface area contributed by atoms with E-state index in [1.807, 2.05) is 6.07 Å². The third-order valence-electron chi connectivity index (χ3n) is 3.95. The van der Waals surface area contributed by atoms with Crippen LogP contribution in [0.2, 0.25) is 0 Å². The third-order valence-corrected chi connectivity index (χ3v) is 3.95. The van der Waals surface area contributed by atoms with Crippen LogP contribution in [0.25, 0.3) is 0 Å². The largest absolute Gasteiger partial charge is 0.493 e. The Hall–Kier alpha value is -1.06. The molecule has 0 aliphatic rings. The smallest absolute Gasteiger partial charge is 0.122 e. The Kier molecular flexibility index (Phi) is 7.37. The van der Waals surface area contributed by atoms with Gasteiger partial charge in [-0.15, -0.1) is 0 Å². The Morgan fingerprint density at radius 3 is 2.14 bits per heavy atom. The molecule has 0 aliphatic heterocycles. The van der Waals surface area contributed by atoms with Gasteiger partial charge in [0.15, 0.2) is 0 Å². The zero-order chi connectivity index (χ0) is 16.9. The van der Waals surface area contributed by atoms with Gasteiger partial charge in [-0.3, -0.25) is 0 Å². The van der Waals surface area contributed by atoms with Crippen LogP contribution in [0.4, 0.5) is 0 Å². The van der Waals surface area contributed by atoms with Gasteiger partial charge < -0.3 is 14.9 Å². The summed E-state index contributed by atoms with van der Waals surface area (Å²) < 4.78 is 5.92. The maximum absolute atomic E-state index is 9.86. The molecular formula is C19H32O3. The van der Waals surface area contributed by atoms with E-state index in [4.69, 9.17) is 4.74 Å². The van der Waals surface area contributed by atoms with E-state index in [9.17, 15) is 10.2 Å². The average Bonchev–Trinajstić information content (AvgIpc) is 2.44. The van der Waals surface area contributed by atoms with Crippen molar-refractivity contribution in [2.45, 2.75) is 72.0 Å². The van der Waals surface area contributed by atoms with Gasteiger partial charge in [0.25, 0.3) is 0 Å². The second-order valence-corrected chi connectivity index (χ2v) is 7.10. The van der Waals surface area contributed by atoms with Crippen LogP contribution >= 0.6 is 0 Å². The van der Waals surface area contributed by atoms with Crippen LogP contribution in [0.1, 0.15) is 70.9 Å². The van der Waals surface area contributed by atoms with Crippen molar-refractivity contribution in [1.29, 1.82) is 0 Å². The van der Waals surface area contributed by atoms with Crippen LogP contribution in [0.3, 0.4) is 0 Å². The van der Waals surface area contributed by atoms with Gasteiger partial charge >= 0.3 is 0 Å². The normalized spacial score (nSPS) is 15.9. The van der Waals surface area contributed by atoms with Crippen molar-refractivity contribution in [3.05, 3.63) is 29.3 Å². The first-order chi connectivity index (χ1) is 10.2. The second kappa shape index (κ2) is 8.54. The van der Waals surface area contributed by atoms with Crippen LogP contribution in [0.5, 0.6) is 5.75 Å². The lowest BCUT2D eigenvalue weighted by atomic mass is 9.90. The molecule has 0 bridgehead atoms. The van der Waals surface area contributed by atoms with Crippen molar-refractivity contribution in [1.82, 2.24) is 0 Å². The summed E-state index contributed by atoms with van der Waals surface area (Å²) in [6, 6.07) is 6.29. The SMILES string of the molecule is CC(C)COc1ccc(C(C)CC(O)C(C)O)cc1C(C)C. The Bertz CT molecular complexity index is 452. The van der Waals surface area contributed by atoms with E-state index in [2.05, 4.69) is 46.8 Å². The van der Waals surface area contributed by atoms with Gasteiger partial charge in [0, 0.05) is 0 Å². The average molecular weight is 308 g/mol. The zero-order valence-corrected chi connectivity index (χ0v) is 14.8. The number of hydrogen-bond acceptors (Lipinski definition) is 3. The van der Waals surface area contributed by atoms with Crippen LogP contribution in [0.15, 0.2) is 18.2 Å². The summed E-state index contributed by atoms with van der Waals surface area (Å²) in [6.07, 6.45) is -0.823. The minimum absolute atomic E-state index is 0.196. The molecule has 22 heavy (non-hydrogen) atoms. The van der Waals surface area contributed by atoms with E-state index in [0.717, 1.165) is 12.4 Å². The highest BCUT2D eigenvalue weighted by Crippen LogP contribution is 2.32. The topological polar surface area (TPSA) is 49.7 Å². The van der Waals surface area contributed by atoms with Gasteiger partial charge in [-0.05, 0) is 48.3 Å². The molecule has 1 rings (SSSR count).